The molecule has 0 fully saturated rings. The molecule has 0 bridgehead atoms. The number of nitriles is 1. The molecule has 7 heteroatoms. The first kappa shape index (κ1) is 21.6. The molecule has 0 spiro atoms. The Morgan fingerprint density at radius 2 is 1.77 bits per heavy atom. The minimum Gasteiger partial charge on any atom is -0.487 e. The Labute approximate surface area is 210 Å². The fourth-order valence-corrected chi connectivity index (χ4v) is 6.86. The van der Waals surface area contributed by atoms with E-state index in [-0.39, 0.29) is 0 Å². The Morgan fingerprint density at radius 1 is 1.07 bits per heavy atom. The fraction of sp³-hybridized carbons (Fsp3) is 0.0435. The van der Waals surface area contributed by atoms with Crippen LogP contribution in [0, 0.1) is 18.5 Å². The van der Waals surface area contributed by atoms with Crippen LogP contribution in [0.1, 0.15) is 11.1 Å². The summed E-state index contributed by atoms with van der Waals surface area (Å²) in [5, 5.41) is 9.64. The van der Waals surface area contributed by atoms with Gasteiger partial charge in [-0.3, -0.25) is 0 Å². The molecule has 3 nitrogen and oxygen atoms in total. The Kier molecular flexibility index (Phi) is 7.30. The molecule has 0 N–H and O–H groups in total. The highest BCUT2D eigenvalue weighted by atomic mass is 127. The first-order valence-corrected chi connectivity index (χ1v) is 12.7. The summed E-state index contributed by atoms with van der Waals surface area (Å²) in [4.78, 5) is 5.22. The van der Waals surface area contributed by atoms with E-state index < -0.39 is 0 Å². The van der Waals surface area contributed by atoms with Gasteiger partial charge in [0, 0.05) is 0 Å². The van der Waals surface area contributed by atoms with Crippen LogP contribution in [0.2, 0.25) is 0 Å². The van der Waals surface area contributed by atoms with Crippen LogP contribution in [-0.2, 0) is 6.61 Å². The van der Waals surface area contributed by atoms with Crippen molar-refractivity contribution in [3.63, 3.8) is 0 Å². The Morgan fingerprint density at radius 3 is 2.47 bits per heavy atom. The van der Waals surface area contributed by atoms with Gasteiger partial charge in [-0.15, -0.1) is 11.3 Å². The molecule has 0 aliphatic carbocycles. The molecule has 3 aromatic carbocycles. The highest BCUT2D eigenvalue weighted by Crippen LogP contribution is 2.36. The van der Waals surface area contributed by atoms with E-state index in [4.69, 9.17) is 4.74 Å². The van der Waals surface area contributed by atoms with Gasteiger partial charge in [0.2, 0.25) is 0 Å². The average Bonchev–Trinajstić information content (AvgIpc) is 3.16. The van der Waals surface area contributed by atoms with Crippen molar-refractivity contribution in [1.29, 1.82) is 5.26 Å². The van der Waals surface area contributed by atoms with Gasteiger partial charge in [0.15, 0.2) is 4.34 Å². The SMILES string of the molecule is N#C/C(=C\c1cc(I)c(OCc2ccccc2)c(I)c1)Sc1nc2ccccc2s1. The number of halogens is 2. The van der Waals surface area contributed by atoms with Crippen molar-refractivity contribution in [1.82, 2.24) is 4.98 Å². The van der Waals surface area contributed by atoms with Crippen molar-refractivity contribution in [2.45, 2.75) is 10.9 Å². The highest BCUT2D eigenvalue weighted by molar-refractivity contribution is 14.1. The number of thioether (sulfide) groups is 1. The molecule has 0 amide bonds. The van der Waals surface area contributed by atoms with Crippen LogP contribution in [0.5, 0.6) is 5.75 Å². The number of hydrogen-bond donors (Lipinski definition) is 0. The molecule has 0 aliphatic rings. The average molecular weight is 652 g/mol. The third-order valence-electron chi connectivity index (χ3n) is 4.13. The second-order valence-corrected chi connectivity index (χ2v) is 10.9. The summed E-state index contributed by atoms with van der Waals surface area (Å²) in [5.41, 5.74) is 3.07. The lowest BCUT2D eigenvalue weighted by atomic mass is 10.2. The van der Waals surface area contributed by atoms with Crippen LogP contribution in [0.4, 0.5) is 0 Å². The predicted octanol–water partition coefficient (Wildman–Crippen LogP) is 7.74. The third-order valence-corrected chi connectivity index (χ3v) is 7.75. The molecule has 0 saturated carbocycles. The quantitative estimate of drug-likeness (QED) is 0.122. The summed E-state index contributed by atoms with van der Waals surface area (Å²) >= 11 is 7.58. The zero-order valence-electron chi connectivity index (χ0n) is 15.5. The van der Waals surface area contributed by atoms with E-state index in [9.17, 15) is 5.26 Å². The maximum Gasteiger partial charge on any atom is 0.156 e. The van der Waals surface area contributed by atoms with Gasteiger partial charge < -0.3 is 4.74 Å². The second kappa shape index (κ2) is 10.1. The number of rotatable bonds is 6. The van der Waals surface area contributed by atoms with Gasteiger partial charge in [-0.2, -0.15) is 5.26 Å². The minimum atomic E-state index is 0.527. The lowest BCUT2D eigenvalue weighted by Gasteiger charge is -2.11. The topological polar surface area (TPSA) is 45.9 Å². The van der Waals surface area contributed by atoms with Crippen molar-refractivity contribution in [2.75, 3.05) is 0 Å². The van der Waals surface area contributed by atoms with Gasteiger partial charge in [-0.1, -0.05) is 42.5 Å². The van der Waals surface area contributed by atoms with Gasteiger partial charge in [0.25, 0.3) is 0 Å². The lowest BCUT2D eigenvalue weighted by Crippen LogP contribution is -1.99. The predicted molar refractivity (Wildman–Crippen MR) is 142 cm³/mol. The molecule has 0 radical (unpaired) electrons. The zero-order valence-corrected chi connectivity index (χ0v) is 21.5. The van der Waals surface area contributed by atoms with E-state index in [1.807, 2.05) is 60.7 Å². The van der Waals surface area contributed by atoms with Crippen LogP contribution < -0.4 is 4.74 Å². The monoisotopic (exact) mass is 652 g/mol. The van der Waals surface area contributed by atoms with Crippen molar-refractivity contribution in [3.8, 4) is 11.8 Å². The molecule has 1 aromatic heterocycles. The van der Waals surface area contributed by atoms with E-state index in [1.54, 1.807) is 11.3 Å². The summed E-state index contributed by atoms with van der Waals surface area (Å²) in [7, 11) is 0. The number of hydrogen-bond acceptors (Lipinski definition) is 5. The molecule has 4 rings (SSSR count). The van der Waals surface area contributed by atoms with Gasteiger partial charge >= 0.3 is 0 Å². The number of para-hydroxylation sites is 1. The zero-order chi connectivity index (χ0) is 20.9. The van der Waals surface area contributed by atoms with E-state index in [0.717, 1.165) is 38.6 Å². The number of thiazole rings is 1. The van der Waals surface area contributed by atoms with Crippen molar-refractivity contribution >= 4 is 84.6 Å². The largest absolute Gasteiger partial charge is 0.487 e. The summed E-state index contributed by atoms with van der Waals surface area (Å²) in [5.74, 6) is 0.870. The number of allylic oxidation sites excluding steroid dienone is 1. The van der Waals surface area contributed by atoms with Crippen molar-refractivity contribution in [3.05, 3.63) is 89.9 Å². The van der Waals surface area contributed by atoms with Gasteiger partial charge in [-0.25, -0.2) is 4.98 Å². The van der Waals surface area contributed by atoms with Crippen LogP contribution in [0.3, 0.4) is 0 Å². The maximum atomic E-state index is 9.64. The molecule has 4 aromatic rings. The number of ether oxygens (including phenoxy) is 1. The number of nitrogens with zero attached hydrogens (tertiary/aromatic N) is 2. The number of fused-ring (bicyclic) bond motifs is 1. The number of aromatic nitrogens is 1. The fourth-order valence-electron chi connectivity index (χ4n) is 2.76. The Bertz CT molecular complexity index is 1210. The van der Waals surface area contributed by atoms with Gasteiger partial charge in [-0.05, 0) is 98.4 Å². The van der Waals surface area contributed by atoms with Gasteiger partial charge in [0.1, 0.15) is 18.4 Å². The smallest absolute Gasteiger partial charge is 0.156 e. The van der Waals surface area contributed by atoms with E-state index in [1.165, 1.54) is 11.8 Å². The summed E-state index contributed by atoms with van der Waals surface area (Å²) < 4.78 is 10.1. The van der Waals surface area contributed by atoms with E-state index >= 15 is 0 Å². The third kappa shape index (κ3) is 5.35. The lowest BCUT2D eigenvalue weighted by molar-refractivity contribution is 0.302. The first-order chi connectivity index (χ1) is 14.6. The maximum absolute atomic E-state index is 9.64. The van der Waals surface area contributed by atoms with Gasteiger partial charge in [0.05, 0.1) is 22.3 Å². The summed E-state index contributed by atoms with van der Waals surface area (Å²) in [6.45, 7) is 0.527. The minimum absolute atomic E-state index is 0.527. The number of benzene rings is 3. The van der Waals surface area contributed by atoms with E-state index in [0.29, 0.717) is 11.5 Å². The van der Waals surface area contributed by atoms with Crippen LogP contribution in [-0.4, -0.2) is 4.98 Å². The molecule has 148 valence electrons. The Hall–Kier alpha value is -1.61. The van der Waals surface area contributed by atoms with Crippen LogP contribution >= 0.6 is 68.3 Å². The normalized spacial score (nSPS) is 11.4. The van der Waals surface area contributed by atoms with Crippen LogP contribution in [0.25, 0.3) is 16.3 Å². The summed E-state index contributed by atoms with van der Waals surface area (Å²) in [6.07, 6.45) is 1.90. The molecule has 30 heavy (non-hydrogen) atoms. The molecule has 1 heterocycles. The molecule has 0 saturated heterocycles. The Balaban J connectivity index is 1.53. The second-order valence-electron chi connectivity index (χ2n) is 6.26. The molecule has 0 aliphatic heterocycles. The van der Waals surface area contributed by atoms with Crippen molar-refractivity contribution < 1.29 is 4.74 Å². The van der Waals surface area contributed by atoms with Crippen LogP contribution in [0.15, 0.2) is 76.0 Å². The first-order valence-electron chi connectivity index (χ1n) is 8.93. The molecule has 0 atom stereocenters. The van der Waals surface area contributed by atoms with E-state index in [2.05, 4.69) is 68.4 Å². The summed E-state index contributed by atoms with van der Waals surface area (Å²) in [6, 6.07) is 24.5. The molecular formula is C23H14I2N2OS2. The standard InChI is InChI=1S/C23H14I2N2OS2/c24-18-11-16(12-19(25)22(18)28-14-15-6-2-1-3-7-15)10-17(13-26)29-23-27-20-8-4-5-9-21(20)30-23/h1-12H,14H2/b17-10+. The molecular weight excluding hydrogens is 638 g/mol. The van der Waals surface area contributed by atoms with Crippen molar-refractivity contribution in [2.24, 2.45) is 0 Å². The highest BCUT2D eigenvalue weighted by Gasteiger charge is 2.11. The molecule has 0 unspecified atom stereocenters.